The van der Waals surface area contributed by atoms with Crippen molar-refractivity contribution >= 4 is 24.1 Å². The first kappa shape index (κ1) is 22.8. The van der Waals surface area contributed by atoms with E-state index >= 15 is 0 Å². The molecule has 0 radical (unpaired) electrons. The molecule has 1 aliphatic rings. The number of benzene rings is 2. The summed E-state index contributed by atoms with van der Waals surface area (Å²) in [6.07, 6.45) is -0.243. The summed E-state index contributed by atoms with van der Waals surface area (Å²) in [6, 6.07) is 18.4. The molecule has 32 heavy (non-hydrogen) atoms. The zero-order valence-electron chi connectivity index (χ0n) is 17.6. The molecule has 0 aromatic heterocycles. The van der Waals surface area contributed by atoms with E-state index in [1.54, 1.807) is 0 Å². The number of carbonyl (C=O) groups is 3. The van der Waals surface area contributed by atoms with Crippen molar-refractivity contribution in [1.82, 2.24) is 16.0 Å². The molecule has 0 spiro atoms. The van der Waals surface area contributed by atoms with Crippen molar-refractivity contribution in [3.05, 3.63) is 71.8 Å². The number of guanidine groups is 1. The first-order chi connectivity index (χ1) is 15.6. The normalized spacial score (nSPS) is 15.2. The van der Waals surface area contributed by atoms with Gasteiger partial charge >= 0.3 is 12.2 Å². The Morgan fingerprint density at radius 1 is 0.969 bits per heavy atom. The van der Waals surface area contributed by atoms with Crippen molar-refractivity contribution in [1.29, 1.82) is 0 Å². The van der Waals surface area contributed by atoms with E-state index in [2.05, 4.69) is 20.9 Å². The van der Waals surface area contributed by atoms with E-state index in [0.717, 1.165) is 11.1 Å². The highest BCUT2D eigenvalue weighted by Gasteiger charge is 2.26. The summed E-state index contributed by atoms with van der Waals surface area (Å²) in [5, 5.41) is 8.04. The largest absolute Gasteiger partial charge is 0.444 e. The summed E-state index contributed by atoms with van der Waals surface area (Å²) < 4.78 is 10.3. The highest BCUT2D eigenvalue weighted by atomic mass is 16.6. The molecule has 1 saturated heterocycles. The molecule has 3 rings (SSSR count). The van der Waals surface area contributed by atoms with Gasteiger partial charge in [0.05, 0.1) is 5.92 Å². The Kier molecular flexibility index (Phi) is 8.61. The number of carbonyl (C=O) groups excluding carboxylic acids is 3. The minimum absolute atomic E-state index is 0.0109. The van der Waals surface area contributed by atoms with Crippen LogP contribution < -0.4 is 16.0 Å². The van der Waals surface area contributed by atoms with Gasteiger partial charge in [0.15, 0.2) is 0 Å². The molecule has 1 heterocycles. The van der Waals surface area contributed by atoms with Gasteiger partial charge in [0.1, 0.15) is 13.2 Å². The summed E-state index contributed by atoms with van der Waals surface area (Å²) in [7, 11) is 0. The van der Waals surface area contributed by atoms with Gasteiger partial charge in [0, 0.05) is 13.1 Å². The third-order valence-electron chi connectivity index (χ3n) is 4.76. The topological polar surface area (TPSA) is 118 Å². The Morgan fingerprint density at radius 3 is 2.16 bits per heavy atom. The fraction of sp³-hybridized carbons (Fsp3) is 0.304. The van der Waals surface area contributed by atoms with E-state index in [0.29, 0.717) is 25.9 Å². The number of hydrogen-bond acceptors (Lipinski definition) is 5. The second kappa shape index (κ2) is 12.1. The number of hydrogen-bond donors (Lipinski definition) is 3. The van der Waals surface area contributed by atoms with Crippen molar-refractivity contribution in [2.45, 2.75) is 26.1 Å². The minimum atomic E-state index is -0.849. The standard InChI is InChI=1S/C23H26N4O5/c28-20-19(14-25-20)12-7-13-24-21(26-22(29)31-15-17-8-3-1-4-9-17)27-23(30)32-16-18-10-5-2-6-11-18/h1-6,8-11,19H,7,12-16H2,(H,25,28)(H2,24,26,27,29,30). The lowest BCUT2D eigenvalue weighted by Gasteiger charge is -2.25. The molecule has 0 bridgehead atoms. The van der Waals surface area contributed by atoms with Gasteiger partial charge in [-0.05, 0) is 24.0 Å². The maximum absolute atomic E-state index is 12.2. The van der Waals surface area contributed by atoms with Crippen LogP contribution in [0.2, 0.25) is 0 Å². The third kappa shape index (κ3) is 7.75. The number of β-lactam (4-membered cyclic amide) rings is 1. The van der Waals surface area contributed by atoms with Crippen LogP contribution in [0.4, 0.5) is 9.59 Å². The molecule has 168 valence electrons. The number of nitrogens with one attached hydrogen (secondary N) is 3. The molecule has 0 saturated carbocycles. The molecule has 9 heteroatoms. The maximum Gasteiger partial charge on any atom is 0.437 e. The molecule has 2 aromatic carbocycles. The molecule has 9 nitrogen and oxygen atoms in total. The number of amides is 3. The molecule has 1 fully saturated rings. The summed E-state index contributed by atoms with van der Waals surface area (Å²) in [4.78, 5) is 39.4. The second-order valence-electron chi connectivity index (χ2n) is 7.20. The first-order valence-corrected chi connectivity index (χ1v) is 10.4. The lowest BCUT2D eigenvalue weighted by Crippen LogP contribution is -2.48. The Morgan fingerprint density at radius 2 is 1.59 bits per heavy atom. The van der Waals surface area contributed by atoms with Crippen LogP contribution in [0.5, 0.6) is 0 Å². The van der Waals surface area contributed by atoms with E-state index in [1.807, 2.05) is 60.7 Å². The van der Waals surface area contributed by atoms with Crippen LogP contribution in [0.25, 0.3) is 0 Å². The van der Waals surface area contributed by atoms with Crippen LogP contribution >= 0.6 is 0 Å². The summed E-state index contributed by atoms with van der Waals surface area (Å²) >= 11 is 0. The van der Waals surface area contributed by atoms with E-state index < -0.39 is 12.2 Å². The molecule has 0 aliphatic carbocycles. The highest BCUT2D eigenvalue weighted by molar-refractivity contribution is 5.98. The van der Waals surface area contributed by atoms with Crippen molar-refractivity contribution in [3.8, 4) is 0 Å². The molecule has 1 aliphatic heterocycles. The zero-order valence-corrected chi connectivity index (χ0v) is 17.6. The van der Waals surface area contributed by atoms with Crippen molar-refractivity contribution < 1.29 is 23.9 Å². The van der Waals surface area contributed by atoms with Gasteiger partial charge in [0.2, 0.25) is 11.9 Å². The average molecular weight is 438 g/mol. The number of ether oxygens (including phenoxy) is 2. The van der Waals surface area contributed by atoms with Crippen LogP contribution in [0.3, 0.4) is 0 Å². The van der Waals surface area contributed by atoms with E-state index in [4.69, 9.17) is 9.47 Å². The second-order valence-corrected chi connectivity index (χ2v) is 7.20. The number of alkyl carbamates (subject to hydrolysis) is 1. The Hall–Kier alpha value is -3.88. The molecular formula is C23H26N4O5. The lowest BCUT2D eigenvalue weighted by atomic mass is 9.96. The van der Waals surface area contributed by atoms with Crippen LogP contribution in [0.1, 0.15) is 24.0 Å². The van der Waals surface area contributed by atoms with Crippen LogP contribution in [0, 0.1) is 5.92 Å². The van der Waals surface area contributed by atoms with Gasteiger partial charge < -0.3 is 20.1 Å². The first-order valence-electron chi connectivity index (χ1n) is 10.4. The van der Waals surface area contributed by atoms with Gasteiger partial charge in [-0.1, -0.05) is 60.7 Å². The zero-order chi connectivity index (χ0) is 22.6. The van der Waals surface area contributed by atoms with Crippen molar-refractivity contribution in [2.75, 3.05) is 13.1 Å². The summed E-state index contributed by atoms with van der Waals surface area (Å²) in [5.41, 5.74) is 1.65. The van der Waals surface area contributed by atoms with Crippen molar-refractivity contribution in [3.63, 3.8) is 0 Å². The number of nitrogens with zero attached hydrogens (tertiary/aromatic N) is 1. The predicted molar refractivity (Wildman–Crippen MR) is 118 cm³/mol. The predicted octanol–water partition coefficient (Wildman–Crippen LogP) is 2.72. The van der Waals surface area contributed by atoms with Crippen LogP contribution in [-0.2, 0) is 27.5 Å². The van der Waals surface area contributed by atoms with Gasteiger partial charge in [-0.25, -0.2) is 9.59 Å². The molecule has 3 amide bonds. The van der Waals surface area contributed by atoms with Gasteiger partial charge in [0.25, 0.3) is 0 Å². The fourth-order valence-corrected chi connectivity index (χ4v) is 2.93. The number of aliphatic imine (C=N–C) groups is 1. The molecule has 2 aromatic rings. The van der Waals surface area contributed by atoms with Crippen LogP contribution in [-0.4, -0.2) is 37.1 Å². The Bertz CT molecular complexity index is 934. The average Bonchev–Trinajstić information content (AvgIpc) is 2.81. The van der Waals surface area contributed by atoms with Gasteiger partial charge in [-0.3, -0.25) is 10.1 Å². The Balaban J connectivity index is 1.50. The summed E-state index contributed by atoms with van der Waals surface area (Å²) in [5.74, 6) is -0.0120. The highest BCUT2D eigenvalue weighted by Crippen LogP contribution is 2.11. The molecular weight excluding hydrogens is 412 g/mol. The minimum Gasteiger partial charge on any atom is -0.444 e. The SMILES string of the molecule is O=C(N=C(NCCCC1CNC1=O)NC(=O)OCc1ccccc1)OCc1ccccc1. The smallest absolute Gasteiger partial charge is 0.437 e. The Labute approximate surface area is 186 Å². The fourth-order valence-electron chi connectivity index (χ4n) is 2.93. The molecule has 3 N–H and O–H groups in total. The number of rotatable bonds is 8. The van der Waals surface area contributed by atoms with Gasteiger partial charge in [-0.2, -0.15) is 0 Å². The lowest BCUT2D eigenvalue weighted by molar-refractivity contribution is -0.131. The van der Waals surface area contributed by atoms with E-state index in [1.165, 1.54) is 0 Å². The quantitative estimate of drug-likeness (QED) is 0.252. The van der Waals surface area contributed by atoms with Crippen LogP contribution in [0.15, 0.2) is 65.7 Å². The van der Waals surface area contributed by atoms with Crippen molar-refractivity contribution in [2.24, 2.45) is 10.9 Å². The molecule has 1 unspecified atom stereocenters. The monoisotopic (exact) mass is 438 g/mol. The molecule has 1 atom stereocenters. The summed E-state index contributed by atoms with van der Waals surface area (Å²) in [6.45, 7) is 1.23. The van der Waals surface area contributed by atoms with E-state index in [-0.39, 0.29) is 31.0 Å². The van der Waals surface area contributed by atoms with Gasteiger partial charge in [-0.15, -0.1) is 4.99 Å². The van der Waals surface area contributed by atoms with E-state index in [9.17, 15) is 14.4 Å². The third-order valence-corrected chi connectivity index (χ3v) is 4.76. The maximum atomic E-state index is 12.2.